The third-order valence-electron chi connectivity index (χ3n) is 5.24. The molecule has 1 atom stereocenters. The number of amides is 1. The van der Waals surface area contributed by atoms with Gasteiger partial charge < -0.3 is 9.80 Å². The van der Waals surface area contributed by atoms with Gasteiger partial charge in [-0.1, -0.05) is 19.9 Å². The molecule has 1 aromatic rings. The normalized spacial score (nSPS) is 25.2. The van der Waals surface area contributed by atoms with E-state index >= 15 is 0 Å². The summed E-state index contributed by atoms with van der Waals surface area (Å²) in [4.78, 5) is 17.3. The van der Waals surface area contributed by atoms with Crippen LogP contribution < -0.4 is 0 Å². The fourth-order valence-corrected chi connectivity index (χ4v) is 4.17. The monoisotopic (exact) mass is 336 g/mol. The smallest absolute Gasteiger partial charge is 0.230 e. The van der Waals surface area contributed by atoms with E-state index in [1.165, 1.54) is 6.07 Å². The van der Waals surface area contributed by atoms with E-state index in [9.17, 15) is 13.6 Å². The van der Waals surface area contributed by atoms with E-state index in [1.807, 2.05) is 4.90 Å². The maximum absolute atomic E-state index is 13.4. The minimum Gasteiger partial charge on any atom is -0.338 e. The summed E-state index contributed by atoms with van der Waals surface area (Å²) in [6, 6.07) is 3.89. The van der Waals surface area contributed by atoms with Crippen LogP contribution in [0.1, 0.15) is 38.7 Å². The molecule has 2 aliphatic rings. The van der Waals surface area contributed by atoms with Gasteiger partial charge in [0.25, 0.3) is 0 Å². The third-order valence-corrected chi connectivity index (χ3v) is 5.24. The summed E-state index contributed by atoms with van der Waals surface area (Å²) < 4.78 is 26.5. The summed E-state index contributed by atoms with van der Waals surface area (Å²) in [7, 11) is 0. The highest BCUT2D eigenvalue weighted by Crippen LogP contribution is 2.40. The van der Waals surface area contributed by atoms with Gasteiger partial charge >= 0.3 is 0 Å². The molecule has 0 aromatic heterocycles. The predicted molar refractivity (Wildman–Crippen MR) is 89.3 cm³/mol. The second-order valence-corrected chi connectivity index (χ2v) is 7.74. The first-order valence-corrected chi connectivity index (χ1v) is 8.85. The summed E-state index contributed by atoms with van der Waals surface area (Å²) in [5.74, 6) is -0.919. The lowest BCUT2D eigenvalue weighted by Crippen LogP contribution is -2.49. The van der Waals surface area contributed by atoms with E-state index < -0.39 is 11.6 Å². The molecular formula is C19H26F2N2O. The molecule has 5 heteroatoms. The van der Waals surface area contributed by atoms with Gasteiger partial charge in [-0.2, -0.15) is 0 Å². The molecule has 0 bridgehead atoms. The SMILES string of the molecule is CC(C)CN1CCC2(CCCN(Cc3ccc(F)c(F)c3)C2=O)C1. The van der Waals surface area contributed by atoms with Crippen LogP contribution in [0.3, 0.4) is 0 Å². The average molecular weight is 336 g/mol. The molecule has 24 heavy (non-hydrogen) atoms. The van der Waals surface area contributed by atoms with Crippen molar-refractivity contribution in [3.8, 4) is 0 Å². The summed E-state index contributed by atoms with van der Waals surface area (Å²) in [5, 5.41) is 0. The summed E-state index contributed by atoms with van der Waals surface area (Å²) in [5.41, 5.74) is 0.377. The summed E-state index contributed by atoms with van der Waals surface area (Å²) in [6.07, 6.45) is 2.83. The Balaban J connectivity index is 1.70. The van der Waals surface area contributed by atoms with Crippen LogP contribution in [0.15, 0.2) is 18.2 Å². The van der Waals surface area contributed by atoms with Crippen LogP contribution in [0, 0.1) is 23.0 Å². The van der Waals surface area contributed by atoms with E-state index in [1.54, 1.807) is 6.07 Å². The first-order chi connectivity index (χ1) is 11.4. The van der Waals surface area contributed by atoms with Crippen LogP contribution in [0.25, 0.3) is 0 Å². The zero-order valence-electron chi connectivity index (χ0n) is 14.5. The lowest BCUT2D eigenvalue weighted by molar-refractivity contribution is -0.146. The van der Waals surface area contributed by atoms with Gasteiger partial charge in [-0.05, 0) is 49.4 Å². The van der Waals surface area contributed by atoms with Crippen molar-refractivity contribution in [2.45, 2.75) is 39.7 Å². The Labute approximate surface area is 142 Å². The number of likely N-dealkylation sites (tertiary alicyclic amines) is 2. The number of benzene rings is 1. The van der Waals surface area contributed by atoms with Crippen LogP contribution in [-0.4, -0.2) is 41.9 Å². The molecule has 3 rings (SSSR count). The number of rotatable bonds is 4. The Morgan fingerprint density at radius 1 is 1.17 bits per heavy atom. The van der Waals surface area contributed by atoms with Gasteiger partial charge in [-0.3, -0.25) is 4.79 Å². The molecular weight excluding hydrogens is 310 g/mol. The zero-order valence-corrected chi connectivity index (χ0v) is 14.5. The van der Waals surface area contributed by atoms with Crippen molar-refractivity contribution in [3.63, 3.8) is 0 Å². The highest BCUT2D eigenvalue weighted by molar-refractivity contribution is 5.84. The topological polar surface area (TPSA) is 23.6 Å². The largest absolute Gasteiger partial charge is 0.338 e. The Kier molecular flexibility index (Phi) is 4.90. The standard InChI is InChI=1S/C19H26F2N2O/c1-14(2)11-22-9-7-19(13-22)6-3-8-23(18(19)24)12-15-4-5-16(20)17(21)10-15/h4-5,10,14H,3,6-9,11-13H2,1-2H3. The van der Waals surface area contributed by atoms with Crippen molar-refractivity contribution < 1.29 is 13.6 Å². The van der Waals surface area contributed by atoms with Crippen molar-refractivity contribution in [2.75, 3.05) is 26.2 Å². The van der Waals surface area contributed by atoms with E-state index in [4.69, 9.17) is 0 Å². The number of carbonyl (C=O) groups excluding carboxylic acids is 1. The van der Waals surface area contributed by atoms with Crippen molar-refractivity contribution in [1.82, 2.24) is 9.80 Å². The third kappa shape index (κ3) is 3.46. The fourth-order valence-electron chi connectivity index (χ4n) is 4.17. The minimum absolute atomic E-state index is 0.185. The van der Waals surface area contributed by atoms with Gasteiger partial charge in [0.1, 0.15) is 0 Å². The lowest BCUT2D eigenvalue weighted by Gasteiger charge is -2.39. The Bertz CT molecular complexity index is 619. The first kappa shape index (κ1) is 17.3. The molecule has 132 valence electrons. The number of hydrogen-bond donors (Lipinski definition) is 0. The van der Waals surface area contributed by atoms with Crippen molar-refractivity contribution in [1.29, 1.82) is 0 Å². The Hall–Kier alpha value is -1.49. The van der Waals surface area contributed by atoms with E-state index in [-0.39, 0.29) is 11.3 Å². The molecule has 3 nitrogen and oxygen atoms in total. The Morgan fingerprint density at radius 2 is 1.96 bits per heavy atom. The van der Waals surface area contributed by atoms with Gasteiger partial charge in [0.15, 0.2) is 11.6 Å². The number of carbonyl (C=O) groups is 1. The average Bonchev–Trinajstić information content (AvgIpc) is 2.91. The molecule has 1 spiro atoms. The molecule has 1 unspecified atom stereocenters. The van der Waals surface area contributed by atoms with Crippen LogP contribution in [0.2, 0.25) is 0 Å². The molecule has 2 heterocycles. The molecule has 2 fully saturated rings. The second kappa shape index (κ2) is 6.79. The van der Waals surface area contributed by atoms with Crippen molar-refractivity contribution in [3.05, 3.63) is 35.4 Å². The van der Waals surface area contributed by atoms with Crippen LogP contribution in [0.4, 0.5) is 8.78 Å². The zero-order chi connectivity index (χ0) is 17.3. The summed E-state index contributed by atoms with van der Waals surface area (Å²) >= 11 is 0. The molecule has 1 aromatic carbocycles. The Morgan fingerprint density at radius 3 is 2.67 bits per heavy atom. The number of piperidine rings is 1. The quantitative estimate of drug-likeness (QED) is 0.841. The molecule has 1 amide bonds. The highest BCUT2D eigenvalue weighted by atomic mass is 19.2. The number of halogens is 2. The second-order valence-electron chi connectivity index (χ2n) is 7.74. The number of hydrogen-bond acceptors (Lipinski definition) is 2. The van der Waals surface area contributed by atoms with E-state index in [2.05, 4.69) is 18.7 Å². The lowest BCUT2D eigenvalue weighted by atomic mass is 9.78. The predicted octanol–water partition coefficient (Wildman–Crippen LogP) is 3.44. The van der Waals surface area contributed by atoms with Crippen molar-refractivity contribution in [2.24, 2.45) is 11.3 Å². The number of nitrogens with zero attached hydrogens (tertiary/aromatic N) is 2. The van der Waals surface area contributed by atoms with Gasteiger partial charge in [0.05, 0.1) is 5.41 Å². The maximum Gasteiger partial charge on any atom is 0.230 e. The molecule has 0 radical (unpaired) electrons. The molecule has 0 N–H and O–H groups in total. The molecule has 0 aliphatic carbocycles. The molecule has 2 aliphatic heterocycles. The minimum atomic E-state index is -0.851. The first-order valence-electron chi connectivity index (χ1n) is 8.85. The van der Waals surface area contributed by atoms with Gasteiger partial charge in [0, 0.05) is 26.2 Å². The van der Waals surface area contributed by atoms with Crippen LogP contribution in [0.5, 0.6) is 0 Å². The van der Waals surface area contributed by atoms with Gasteiger partial charge in [-0.25, -0.2) is 8.78 Å². The maximum atomic E-state index is 13.4. The van der Waals surface area contributed by atoms with Crippen LogP contribution in [-0.2, 0) is 11.3 Å². The van der Waals surface area contributed by atoms with Crippen LogP contribution >= 0.6 is 0 Å². The fraction of sp³-hybridized carbons (Fsp3) is 0.632. The van der Waals surface area contributed by atoms with E-state index in [0.29, 0.717) is 24.6 Å². The van der Waals surface area contributed by atoms with E-state index in [0.717, 1.165) is 45.0 Å². The molecule has 2 saturated heterocycles. The van der Waals surface area contributed by atoms with Crippen molar-refractivity contribution >= 4 is 5.91 Å². The van der Waals surface area contributed by atoms with Gasteiger partial charge in [0.2, 0.25) is 5.91 Å². The van der Waals surface area contributed by atoms with Gasteiger partial charge in [-0.15, -0.1) is 0 Å². The summed E-state index contributed by atoms with van der Waals surface area (Å²) in [6.45, 7) is 8.29. The molecule has 0 saturated carbocycles. The highest BCUT2D eigenvalue weighted by Gasteiger charge is 2.48.